The van der Waals surface area contributed by atoms with Gasteiger partial charge in [-0.05, 0) is 39.5 Å². The van der Waals surface area contributed by atoms with Gasteiger partial charge in [0.15, 0.2) is 0 Å². The zero-order valence-electron chi connectivity index (χ0n) is 12.3. The number of carboxylic acids is 1. The number of carbonyl (C=O) groups excluding carboxylic acids is 1. The van der Waals surface area contributed by atoms with Crippen molar-refractivity contribution in [1.29, 1.82) is 0 Å². The molecular formula is C14H22F3NO3. The lowest BCUT2D eigenvalue weighted by Crippen LogP contribution is -2.44. The summed E-state index contributed by atoms with van der Waals surface area (Å²) in [6.07, 6.45) is -3.94. The van der Waals surface area contributed by atoms with E-state index in [0.717, 1.165) is 0 Å². The summed E-state index contributed by atoms with van der Waals surface area (Å²) in [5.41, 5.74) is 0. The molecule has 0 spiro atoms. The molecule has 0 radical (unpaired) electrons. The summed E-state index contributed by atoms with van der Waals surface area (Å²) in [6.45, 7) is 3.76. The van der Waals surface area contributed by atoms with E-state index < -0.39 is 30.0 Å². The van der Waals surface area contributed by atoms with Crippen LogP contribution >= 0.6 is 0 Å². The molecule has 1 atom stereocenters. The van der Waals surface area contributed by atoms with Gasteiger partial charge in [0.1, 0.15) is 0 Å². The lowest BCUT2D eigenvalue weighted by molar-refractivity contribution is -0.185. The number of hydrogen-bond acceptors (Lipinski definition) is 2. The molecule has 0 aromatic rings. The summed E-state index contributed by atoms with van der Waals surface area (Å²) in [5, 5.41) is 8.78. The quantitative estimate of drug-likeness (QED) is 0.849. The molecule has 0 aliphatic heterocycles. The highest BCUT2D eigenvalue weighted by atomic mass is 19.4. The third-order valence-corrected chi connectivity index (χ3v) is 4.17. The molecule has 7 heteroatoms. The van der Waals surface area contributed by atoms with Crippen molar-refractivity contribution in [3.8, 4) is 0 Å². The minimum Gasteiger partial charge on any atom is -0.481 e. The van der Waals surface area contributed by atoms with E-state index in [0.29, 0.717) is 6.54 Å². The third-order valence-electron chi connectivity index (χ3n) is 4.17. The number of carboxylic acid groups (broad SMARTS) is 1. The number of amides is 1. The van der Waals surface area contributed by atoms with Crippen molar-refractivity contribution in [3.63, 3.8) is 0 Å². The molecule has 4 nitrogen and oxygen atoms in total. The third kappa shape index (κ3) is 4.89. The molecule has 0 aromatic heterocycles. The van der Waals surface area contributed by atoms with E-state index in [1.165, 1.54) is 4.90 Å². The molecule has 0 bridgehead atoms. The maximum atomic E-state index is 12.6. The first-order valence-corrected chi connectivity index (χ1v) is 7.25. The van der Waals surface area contributed by atoms with Crippen molar-refractivity contribution in [2.24, 2.45) is 11.8 Å². The van der Waals surface area contributed by atoms with Gasteiger partial charge in [-0.2, -0.15) is 13.2 Å². The molecule has 1 fully saturated rings. The Morgan fingerprint density at radius 1 is 1.24 bits per heavy atom. The zero-order valence-corrected chi connectivity index (χ0v) is 12.3. The lowest BCUT2D eigenvalue weighted by Gasteiger charge is -2.34. The smallest absolute Gasteiger partial charge is 0.391 e. The van der Waals surface area contributed by atoms with Crippen LogP contribution in [0.15, 0.2) is 0 Å². The number of nitrogens with zero attached hydrogens (tertiary/aromatic N) is 1. The van der Waals surface area contributed by atoms with Gasteiger partial charge in [-0.15, -0.1) is 0 Å². The van der Waals surface area contributed by atoms with Crippen LogP contribution in [0.2, 0.25) is 0 Å². The topological polar surface area (TPSA) is 57.6 Å². The molecule has 1 amide bonds. The Morgan fingerprint density at radius 2 is 1.76 bits per heavy atom. The van der Waals surface area contributed by atoms with E-state index >= 15 is 0 Å². The van der Waals surface area contributed by atoms with Crippen LogP contribution in [-0.4, -0.2) is 40.6 Å². The molecule has 122 valence electrons. The summed E-state index contributed by atoms with van der Waals surface area (Å²) in [7, 11) is 0. The predicted molar refractivity (Wildman–Crippen MR) is 70.6 cm³/mol. The van der Waals surface area contributed by atoms with Gasteiger partial charge < -0.3 is 10.0 Å². The van der Waals surface area contributed by atoms with E-state index in [1.54, 1.807) is 13.8 Å². The van der Waals surface area contributed by atoms with E-state index in [2.05, 4.69) is 0 Å². The van der Waals surface area contributed by atoms with Crippen LogP contribution in [0, 0.1) is 11.8 Å². The fourth-order valence-corrected chi connectivity index (χ4v) is 2.95. The minimum absolute atomic E-state index is 0.0230. The maximum Gasteiger partial charge on any atom is 0.391 e. The SMILES string of the molecule is CCN(C(=O)C1CCC(C(F)(F)F)CC1)C(C)CC(=O)O. The maximum absolute atomic E-state index is 12.6. The van der Waals surface area contributed by atoms with Crippen LogP contribution in [0.25, 0.3) is 0 Å². The van der Waals surface area contributed by atoms with Crippen LogP contribution in [0.3, 0.4) is 0 Å². The standard InChI is InChI=1S/C14H22F3NO3/c1-3-18(9(2)8-12(19)20)13(21)10-4-6-11(7-5-10)14(15,16)17/h9-11H,3-8H2,1-2H3,(H,19,20). The van der Waals surface area contributed by atoms with E-state index in [1.807, 2.05) is 0 Å². The Bertz CT molecular complexity index is 376. The van der Waals surface area contributed by atoms with Crippen molar-refractivity contribution < 1.29 is 27.9 Å². The second-order valence-electron chi connectivity index (χ2n) is 5.66. The van der Waals surface area contributed by atoms with E-state index in [-0.39, 0.29) is 38.0 Å². The first-order valence-electron chi connectivity index (χ1n) is 7.25. The molecule has 1 aliphatic carbocycles. The zero-order chi connectivity index (χ0) is 16.2. The fourth-order valence-electron chi connectivity index (χ4n) is 2.95. The van der Waals surface area contributed by atoms with Crippen LogP contribution in [0.5, 0.6) is 0 Å². The number of alkyl halides is 3. The average molecular weight is 309 g/mol. The summed E-state index contributed by atoms with van der Waals surface area (Å²) >= 11 is 0. The largest absolute Gasteiger partial charge is 0.481 e. The van der Waals surface area contributed by atoms with Gasteiger partial charge in [0.05, 0.1) is 12.3 Å². The van der Waals surface area contributed by atoms with Crippen molar-refractivity contribution in [2.45, 2.75) is 58.2 Å². The van der Waals surface area contributed by atoms with E-state index in [4.69, 9.17) is 5.11 Å². The average Bonchev–Trinajstić information content (AvgIpc) is 2.37. The molecule has 0 heterocycles. The van der Waals surface area contributed by atoms with Crippen molar-refractivity contribution in [3.05, 3.63) is 0 Å². The van der Waals surface area contributed by atoms with Crippen LogP contribution < -0.4 is 0 Å². The molecular weight excluding hydrogens is 287 g/mol. The number of halogens is 3. The van der Waals surface area contributed by atoms with Crippen LogP contribution in [-0.2, 0) is 9.59 Å². The van der Waals surface area contributed by atoms with Crippen molar-refractivity contribution in [2.75, 3.05) is 6.54 Å². The number of hydrogen-bond donors (Lipinski definition) is 1. The van der Waals surface area contributed by atoms with Gasteiger partial charge in [-0.3, -0.25) is 9.59 Å². The Kier molecular flexibility index (Phi) is 6.04. The molecule has 0 aromatic carbocycles. The molecule has 1 N–H and O–H groups in total. The van der Waals surface area contributed by atoms with Gasteiger partial charge in [0.2, 0.25) is 5.91 Å². The molecule has 21 heavy (non-hydrogen) atoms. The molecule has 1 unspecified atom stereocenters. The lowest BCUT2D eigenvalue weighted by atomic mass is 9.81. The Morgan fingerprint density at radius 3 is 2.14 bits per heavy atom. The van der Waals surface area contributed by atoms with Crippen molar-refractivity contribution >= 4 is 11.9 Å². The van der Waals surface area contributed by atoms with Crippen LogP contribution in [0.1, 0.15) is 46.0 Å². The summed E-state index contributed by atoms with van der Waals surface area (Å²) in [6, 6.07) is -0.444. The van der Waals surface area contributed by atoms with Crippen molar-refractivity contribution in [1.82, 2.24) is 4.90 Å². The van der Waals surface area contributed by atoms with Gasteiger partial charge in [0, 0.05) is 18.5 Å². The number of carbonyl (C=O) groups is 2. The Labute approximate surface area is 122 Å². The minimum atomic E-state index is -4.19. The summed E-state index contributed by atoms with van der Waals surface area (Å²) in [4.78, 5) is 24.5. The number of rotatable bonds is 5. The number of aliphatic carboxylic acids is 1. The first-order chi connectivity index (χ1) is 9.66. The van der Waals surface area contributed by atoms with Gasteiger partial charge in [0.25, 0.3) is 0 Å². The highest BCUT2D eigenvalue weighted by Crippen LogP contribution is 2.40. The molecule has 0 saturated heterocycles. The Balaban J connectivity index is 2.61. The van der Waals surface area contributed by atoms with Gasteiger partial charge in [-0.1, -0.05) is 0 Å². The monoisotopic (exact) mass is 309 g/mol. The van der Waals surface area contributed by atoms with Gasteiger partial charge >= 0.3 is 12.1 Å². The predicted octanol–water partition coefficient (Wildman–Crippen LogP) is 3.07. The molecule has 1 rings (SSSR count). The fraction of sp³-hybridized carbons (Fsp3) is 0.857. The van der Waals surface area contributed by atoms with Gasteiger partial charge in [-0.25, -0.2) is 0 Å². The molecule has 1 saturated carbocycles. The second kappa shape index (κ2) is 7.13. The highest BCUT2D eigenvalue weighted by molar-refractivity contribution is 5.80. The summed E-state index contributed by atoms with van der Waals surface area (Å²) < 4.78 is 37.8. The summed E-state index contributed by atoms with van der Waals surface area (Å²) in [5.74, 6) is -2.94. The highest BCUT2D eigenvalue weighted by Gasteiger charge is 2.43. The Hall–Kier alpha value is -1.27. The van der Waals surface area contributed by atoms with E-state index in [9.17, 15) is 22.8 Å². The first kappa shape index (κ1) is 17.8. The normalized spacial score (nSPS) is 24.4. The molecule has 1 aliphatic rings. The second-order valence-corrected chi connectivity index (χ2v) is 5.66. The van der Waals surface area contributed by atoms with Crippen LogP contribution in [0.4, 0.5) is 13.2 Å².